The van der Waals surface area contributed by atoms with Gasteiger partial charge >= 0.3 is 0 Å². The molecule has 1 aromatic heterocycles. The summed E-state index contributed by atoms with van der Waals surface area (Å²) in [5, 5.41) is 9.25. The van der Waals surface area contributed by atoms with Gasteiger partial charge in [0, 0.05) is 12.1 Å². The maximum atomic E-state index is 9.25. The van der Waals surface area contributed by atoms with Crippen LogP contribution in [0.2, 0.25) is 0 Å². The summed E-state index contributed by atoms with van der Waals surface area (Å²) in [6.07, 6.45) is 4.96. The molecule has 1 heterocycles. The normalized spacial score (nSPS) is 18.2. The number of nitrogens with zero attached hydrogens (tertiary/aromatic N) is 3. The molecule has 1 saturated carbocycles. The van der Waals surface area contributed by atoms with Gasteiger partial charge in [-0.3, -0.25) is 0 Å². The van der Waals surface area contributed by atoms with Gasteiger partial charge in [-0.05, 0) is 23.1 Å². The Labute approximate surface area is 170 Å². The monoisotopic (exact) mass is 375 g/mol. The van der Waals surface area contributed by atoms with Crippen molar-refractivity contribution in [3.05, 3.63) is 126 Å². The maximum absolute atomic E-state index is 9.25. The Kier molecular flexibility index (Phi) is 4.26. The van der Waals surface area contributed by atoms with Crippen LogP contribution in [0, 0.1) is 17.2 Å². The smallest absolute Gasteiger partial charge is 0.121 e. The zero-order valence-electron chi connectivity index (χ0n) is 16.0. The summed E-state index contributed by atoms with van der Waals surface area (Å²) in [5.74, 6) is 0.346. The summed E-state index contributed by atoms with van der Waals surface area (Å²) in [5.41, 5.74) is 3.99. The number of nitriles is 1. The van der Waals surface area contributed by atoms with E-state index < -0.39 is 5.54 Å². The first-order valence-corrected chi connectivity index (χ1v) is 9.94. The average Bonchev–Trinajstić information content (AvgIpc) is 3.44. The van der Waals surface area contributed by atoms with E-state index in [9.17, 15) is 5.26 Å². The molecule has 3 heteroatoms. The predicted molar refractivity (Wildman–Crippen MR) is 113 cm³/mol. The van der Waals surface area contributed by atoms with Gasteiger partial charge in [0.15, 0.2) is 0 Å². The third-order valence-electron chi connectivity index (χ3n) is 5.90. The minimum atomic E-state index is -0.536. The summed E-state index contributed by atoms with van der Waals surface area (Å²) in [4.78, 5) is 4.73. The zero-order chi connectivity index (χ0) is 19.7. The van der Waals surface area contributed by atoms with E-state index in [0.717, 1.165) is 12.1 Å². The minimum Gasteiger partial charge on any atom is -0.319 e. The fraction of sp³-hybridized carbons (Fsp3) is 0.154. The third-order valence-corrected chi connectivity index (χ3v) is 5.90. The molecule has 1 aliphatic carbocycles. The second-order valence-electron chi connectivity index (χ2n) is 7.59. The number of benzene rings is 3. The number of aromatic nitrogens is 2. The number of rotatable bonds is 5. The van der Waals surface area contributed by atoms with Gasteiger partial charge in [0.1, 0.15) is 5.54 Å². The number of imidazole rings is 1. The van der Waals surface area contributed by atoms with Crippen LogP contribution in [0.5, 0.6) is 0 Å². The van der Waals surface area contributed by atoms with E-state index in [1.807, 2.05) is 24.5 Å². The van der Waals surface area contributed by atoms with Crippen molar-refractivity contribution < 1.29 is 0 Å². The van der Waals surface area contributed by atoms with E-state index in [4.69, 9.17) is 4.98 Å². The molecule has 0 aliphatic heterocycles. The highest BCUT2D eigenvalue weighted by Crippen LogP contribution is 2.47. The van der Waals surface area contributed by atoms with Gasteiger partial charge in [-0.2, -0.15) is 5.26 Å². The largest absolute Gasteiger partial charge is 0.319 e. The van der Waals surface area contributed by atoms with Crippen LogP contribution >= 0.6 is 0 Å². The molecule has 0 saturated heterocycles. The summed E-state index contributed by atoms with van der Waals surface area (Å²) >= 11 is 0. The van der Waals surface area contributed by atoms with Crippen molar-refractivity contribution >= 4 is 0 Å². The Morgan fingerprint density at radius 3 is 1.69 bits per heavy atom. The summed E-state index contributed by atoms with van der Waals surface area (Å²) < 4.78 is 2.22. The third kappa shape index (κ3) is 2.85. The van der Waals surface area contributed by atoms with Crippen LogP contribution in [0.4, 0.5) is 0 Å². The minimum absolute atomic E-state index is 0.0953. The van der Waals surface area contributed by atoms with Gasteiger partial charge < -0.3 is 4.57 Å². The number of hydrogen-bond acceptors (Lipinski definition) is 2. The van der Waals surface area contributed by atoms with Gasteiger partial charge in [0.05, 0.1) is 24.0 Å². The van der Waals surface area contributed by atoms with Crippen molar-refractivity contribution in [1.29, 1.82) is 5.26 Å². The Balaban J connectivity index is 1.78. The van der Waals surface area contributed by atoms with E-state index in [1.165, 1.54) is 16.7 Å². The molecule has 2 atom stereocenters. The molecule has 3 nitrogen and oxygen atoms in total. The molecular weight excluding hydrogens is 354 g/mol. The van der Waals surface area contributed by atoms with Crippen LogP contribution in [0.1, 0.15) is 34.7 Å². The van der Waals surface area contributed by atoms with Crippen molar-refractivity contribution in [2.45, 2.75) is 17.9 Å². The Hall–Kier alpha value is -3.64. The summed E-state index contributed by atoms with van der Waals surface area (Å²) in [6, 6.07) is 34.1. The molecule has 5 rings (SSSR count). The topological polar surface area (TPSA) is 41.6 Å². The highest BCUT2D eigenvalue weighted by Gasteiger charge is 2.43. The van der Waals surface area contributed by atoms with Crippen LogP contribution < -0.4 is 0 Å². The van der Waals surface area contributed by atoms with Gasteiger partial charge in [-0.1, -0.05) is 91.0 Å². The SMILES string of the molecule is N#CC1CC1c1cn(C(c2ccccc2)(c2ccccc2)c2ccccc2)cn1. The van der Waals surface area contributed by atoms with Gasteiger partial charge in [0.2, 0.25) is 0 Å². The lowest BCUT2D eigenvalue weighted by Crippen LogP contribution is -2.36. The molecular formula is C26H21N3. The molecule has 0 spiro atoms. The lowest BCUT2D eigenvalue weighted by atomic mass is 9.77. The van der Waals surface area contributed by atoms with E-state index in [1.54, 1.807) is 0 Å². The van der Waals surface area contributed by atoms with E-state index in [2.05, 4.69) is 89.6 Å². The fourth-order valence-corrected chi connectivity index (χ4v) is 4.36. The summed E-state index contributed by atoms with van der Waals surface area (Å²) in [7, 11) is 0. The van der Waals surface area contributed by atoms with Crippen molar-refractivity contribution in [2.24, 2.45) is 5.92 Å². The van der Waals surface area contributed by atoms with E-state index >= 15 is 0 Å². The summed E-state index contributed by atoms with van der Waals surface area (Å²) in [6.45, 7) is 0. The molecule has 0 N–H and O–H groups in total. The van der Waals surface area contributed by atoms with Crippen LogP contribution in [0.15, 0.2) is 104 Å². The molecule has 0 amide bonds. The molecule has 0 radical (unpaired) electrons. The Morgan fingerprint density at radius 1 is 0.793 bits per heavy atom. The molecule has 2 unspecified atom stereocenters. The standard InChI is InChI=1S/C26H21N3/c27-17-20-16-24(20)25-18-29(19-28-25)26(21-10-4-1-5-11-21,22-12-6-2-7-13-22)23-14-8-3-9-15-23/h1-15,18-20,24H,16H2. The van der Waals surface area contributed by atoms with E-state index in [-0.39, 0.29) is 11.8 Å². The molecule has 0 bridgehead atoms. The average molecular weight is 375 g/mol. The second kappa shape index (κ2) is 7.07. The van der Waals surface area contributed by atoms with Crippen LogP contribution in [0.25, 0.3) is 0 Å². The molecule has 4 aromatic rings. The van der Waals surface area contributed by atoms with Gasteiger partial charge in [-0.25, -0.2) is 4.98 Å². The molecule has 1 aliphatic rings. The van der Waals surface area contributed by atoms with Gasteiger partial charge in [-0.15, -0.1) is 0 Å². The molecule has 1 fully saturated rings. The van der Waals surface area contributed by atoms with Crippen molar-refractivity contribution in [3.63, 3.8) is 0 Å². The van der Waals surface area contributed by atoms with Crippen LogP contribution in [-0.4, -0.2) is 9.55 Å². The van der Waals surface area contributed by atoms with Crippen LogP contribution in [0.3, 0.4) is 0 Å². The lowest BCUT2D eigenvalue weighted by Gasteiger charge is -2.37. The highest BCUT2D eigenvalue weighted by molar-refractivity contribution is 5.50. The van der Waals surface area contributed by atoms with Gasteiger partial charge in [0.25, 0.3) is 0 Å². The zero-order valence-corrected chi connectivity index (χ0v) is 16.0. The predicted octanol–water partition coefficient (Wildman–Crippen LogP) is 5.35. The first-order chi connectivity index (χ1) is 14.3. The fourth-order valence-electron chi connectivity index (χ4n) is 4.36. The second-order valence-corrected chi connectivity index (χ2v) is 7.59. The first-order valence-electron chi connectivity index (χ1n) is 9.94. The van der Waals surface area contributed by atoms with Crippen LogP contribution in [-0.2, 0) is 5.54 Å². The van der Waals surface area contributed by atoms with Crippen molar-refractivity contribution in [3.8, 4) is 6.07 Å². The first kappa shape index (κ1) is 17.5. The quantitative estimate of drug-likeness (QED) is 0.441. The molecule has 3 aromatic carbocycles. The Bertz CT molecular complexity index is 1040. The van der Waals surface area contributed by atoms with Crippen molar-refractivity contribution in [1.82, 2.24) is 9.55 Å². The van der Waals surface area contributed by atoms with E-state index in [0.29, 0.717) is 0 Å². The Morgan fingerprint density at radius 2 is 1.28 bits per heavy atom. The number of hydrogen-bond donors (Lipinski definition) is 0. The maximum Gasteiger partial charge on any atom is 0.121 e. The lowest BCUT2D eigenvalue weighted by molar-refractivity contribution is 0.514. The van der Waals surface area contributed by atoms with Crippen molar-refractivity contribution in [2.75, 3.05) is 0 Å². The highest BCUT2D eigenvalue weighted by atomic mass is 15.1. The molecule has 29 heavy (non-hydrogen) atoms. The molecule has 140 valence electrons.